The van der Waals surface area contributed by atoms with Gasteiger partial charge in [-0.2, -0.15) is 5.10 Å². The van der Waals surface area contributed by atoms with E-state index in [4.69, 9.17) is 10.7 Å². The first-order valence-corrected chi connectivity index (χ1v) is 7.41. The fourth-order valence-electron chi connectivity index (χ4n) is 3.03. The van der Waals surface area contributed by atoms with E-state index in [0.717, 1.165) is 36.5 Å². The minimum atomic E-state index is -0.0903. The number of nitrogens with zero attached hydrogens (tertiary/aromatic N) is 3. The highest BCUT2D eigenvalue weighted by molar-refractivity contribution is 5.54. The highest BCUT2D eigenvalue weighted by Crippen LogP contribution is 2.29. The van der Waals surface area contributed by atoms with Crippen LogP contribution in [0.3, 0.4) is 0 Å². The molecule has 3 rings (SSSR count). The quantitative estimate of drug-likeness (QED) is 0.933. The van der Waals surface area contributed by atoms with Gasteiger partial charge in [0, 0.05) is 24.6 Å². The van der Waals surface area contributed by atoms with Crippen molar-refractivity contribution in [1.29, 1.82) is 0 Å². The molecule has 1 aromatic heterocycles. The van der Waals surface area contributed by atoms with E-state index in [1.807, 2.05) is 42.1 Å². The zero-order chi connectivity index (χ0) is 14.0. The first-order valence-electron chi connectivity index (χ1n) is 7.41. The summed E-state index contributed by atoms with van der Waals surface area (Å²) in [6.45, 7) is 0. The number of nitrogens with two attached hydrogens (primary N) is 1. The average molecular weight is 270 g/mol. The summed E-state index contributed by atoms with van der Waals surface area (Å²) >= 11 is 0. The average Bonchev–Trinajstić information content (AvgIpc) is 2.81. The molecule has 1 heterocycles. The van der Waals surface area contributed by atoms with Gasteiger partial charge in [-0.25, -0.2) is 4.98 Å². The third-order valence-electron chi connectivity index (χ3n) is 4.24. The lowest BCUT2D eigenvalue weighted by atomic mass is 9.80. The van der Waals surface area contributed by atoms with Gasteiger partial charge in [0.05, 0.1) is 0 Å². The van der Waals surface area contributed by atoms with Crippen molar-refractivity contribution in [2.24, 2.45) is 12.8 Å². The third kappa shape index (κ3) is 2.75. The first kappa shape index (κ1) is 13.3. The van der Waals surface area contributed by atoms with Crippen molar-refractivity contribution in [2.75, 3.05) is 0 Å². The number of hydrogen-bond donors (Lipinski definition) is 1. The van der Waals surface area contributed by atoms with E-state index in [9.17, 15) is 0 Å². The van der Waals surface area contributed by atoms with Gasteiger partial charge < -0.3 is 5.73 Å². The molecule has 0 atom stereocenters. The molecule has 0 bridgehead atoms. The lowest BCUT2D eigenvalue weighted by Crippen LogP contribution is -2.44. The minimum Gasteiger partial charge on any atom is -0.325 e. The lowest BCUT2D eigenvalue weighted by Gasteiger charge is -2.32. The van der Waals surface area contributed by atoms with Gasteiger partial charge in [-0.3, -0.25) is 4.68 Å². The molecule has 0 spiro atoms. The Bertz CT molecular complexity index is 567. The fourth-order valence-corrected chi connectivity index (χ4v) is 3.03. The number of hydrogen-bond acceptors (Lipinski definition) is 3. The molecule has 0 amide bonds. The van der Waals surface area contributed by atoms with Gasteiger partial charge in [0.2, 0.25) is 0 Å². The van der Waals surface area contributed by atoms with Crippen LogP contribution in [0.25, 0.3) is 11.4 Å². The van der Waals surface area contributed by atoms with E-state index in [0.29, 0.717) is 0 Å². The Kier molecular flexibility index (Phi) is 3.57. The van der Waals surface area contributed by atoms with Crippen LogP contribution in [0, 0.1) is 0 Å². The summed E-state index contributed by atoms with van der Waals surface area (Å²) in [6, 6.07) is 10.1. The fraction of sp³-hybridized carbons (Fsp3) is 0.500. The Labute approximate surface area is 120 Å². The SMILES string of the molecule is Cn1nc(-c2ccccc2)nc1CC1(N)CCCCC1. The van der Waals surface area contributed by atoms with E-state index in [-0.39, 0.29) is 5.54 Å². The standard InChI is InChI=1S/C16H22N4/c1-20-14(12-16(17)10-6-3-7-11-16)18-15(19-20)13-8-4-2-5-9-13/h2,4-5,8-9H,3,6-7,10-12,17H2,1H3. The van der Waals surface area contributed by atoms with Crippen LogP contribution >= 0.6 is 0 Å². The molecule has 1 saturated carbocycles. The molecule has 106 valence electrons. The molecule has 0 aliphatic heterocycles. The van der Waals surface area contributed by atoms with Crippen molar-refractivity contribution in [1.82, 2.24) is 14.8 Å². The Morgan fingerprint density at radius 3 is 2.55 bits per heavy atom. The maximum atomic E-state index is 6.53. The van der Waals surface area contributed by atoms with E-state index < -0.39 is 0 Å². The van der Waals surface area contributed by atoms with Gasteiger partial charge in [0.1, 0.15) is 5.82 Å². The predicted octanol–water partition coefficient (Wildman–Crippen LogP) is 2.69. The molecule has 1 aromatic carbocycles. The predicted molar refractivity (Wildman–Crippen MR) is 80.1 cm³/mol. The van der Waals surface area contributed by atoms with E-state index >= 15 is 0 Å². The summed E-state index contributed by atoms with van der Waals surface area (Å²) in [5.41, 5.74) is 7.50. The van der Waals surface area contributed by atoms with Crippen LogP contribution in [-0.2, 0) is 13.5 Å². The lowest BCUT2D eigenvalue weighted by molar-refractivity contribution is 0.287. The molecule has 2 aromatic rings. The highest BCUT2D eigenvalue weighted by Gasteiger charge is 2.29. The van der Waals surface area contributed by atoms with Gasteiger partial charge in [0.15, 0.2) is 5.82 Å². The van der Waals surface area contributed by atoms with Crippen molar-refractivity contribution in [3.63, 3.8) is 0 Å². The van der Waals surface area contributed by atoms with Gasteiger partial charge >= 0.3 is 0 Å². The Morgan fingerprint density at radius 1 is 1.15 bits per heavy atom. The zero-order valence-electron chi connectivity index (χ0n) is 12.0. The Balaban J connectivity index is 1.82. The van der Waals surface area contributed by atoms with Gasteiger partial charge in [-0.1, -0.05) is 49.6 Å². The molecule has 20 heavy (non-hydrogen) atoms. The molecule has 4 heteroatoms. The number of aryl methyl sites for hydroxylation is 1. The Hall–Kier alpha value is -1.68. The molecule has 0 radical (unpaired) electrons. The molecule has 1 aliphatic carbocycles. The van der Waals surface area contributed by atoms with Crippen molar-refractivity contribution >= 4 is 0 Å². The normalized spacial score (nSPS) is 18.1. The Morgan fingerprint density at radius 2 is 1.85 bits per heavy atom. The zero-order valence-corrected chi connectivity index (χ0v) is 12.0. The molecular weight excluding hydrogens is 248 g/mol. The summed E-state index contributed by atoms with van der Waals surface area (Å²) in [7, 11) is 1.96. The van der Waals surface area contributed by atoms with Gasteiger partial charge in [-0.05, 0) is 12.8 Å². The molecule has 1 aliphatic rings. The largest absolute Gasteiger partial charge is 0.325 e. The molecule has 4 nitrogen and oxygen atoms in total. The van der Waals surface area contributed by atoms with Crippen LogP contribution < -0.4 is 5.73 Å². The summed E-state index contributed by atoms with van der Waals surface area (Å²) in [6.07, 6.45) is 6.80. The van der Waals surface area contributed by atoms with Crippen LogP contribution in [-0.4, -0.2) is 20.3 Å². The topological polar surface area (TPSA) is 56.7 Å². The van der Waals surface area contributed by atoms with Crippen LogP contribution in [0.15, 0.2) is 30.3 Å². The van der Waals surface area contributed by atoms with Crippen LogP contribution in [0.4, 0.5) is 0 Å². The number of rotatable bonds is 3. The van der Waals surface area contributed by atoms with Gasteiger partial charge in [0.25, 0.3) is 0 Å². The maximum Gasteiger partial charge on any atom is 0.181 e. The van der Waals surface area contributed by atoms with Crippen molar-refractivity contribution in [3.05, 3.63) is 36.2 Å². The van der Waals surface area contributed by atoms with Crippen LogP contribution in [0.1, 0.15) is 37.9 Å². The second-order valence-electron chi connectivity index (χ2n) is 5.94. The monoisotopic (exact) mass is 270 g/mol. The summed E-state index contributed by atoms with van der Waals surface area (Å²) in [5.74, 6) is 1.79. The van der Waals surface area contributed by atoms with Crippen LogP contribution in [0.5, 0.6) is 0 Å². The molecule has 0 saturated heterocycles. The van der Waals surface area contributed by atoms with E-state index in [1.54, 1.807) is 0 Å². The van der Waals surface area contributed by atoms with E-state index in [1.165, 1.54) is 19.3 Å². The summed E-state index contributed by atoms with van der Waals surface area (Å²) in [5, 5.41) is 4.53. The van der Waals surface area contributed by atoms with E-state index in [2.05, 4.69) is 5.10 Å². The molecule has 2 N–H and O–H groups in total. The number of benzene rings is 1. The molecule has 1 fully saturated rings. The second kappa shape index (κ2) is 5.37. The maximum absolute atomic E-state index is 6.53. The summed E-state index contributed by atoms with van der Waals surface area (Å²) < 4.78 is 1.88. The summed E-state index contributed by atoms with van der Waals surface area (Å²) in [4.78, 5) is 4.69. The van der Waals surface area contributed by atoms with Crippen molar-refractivity contribution < 1.29 is 0 Å². The molecule has 0 unspecified atom stereocenters. The second-order valence-corrected chi connectivity index (χ2v) is 5.94. The first-order chi connectivity index (χ1) is 9.66. The van der Waals surface area contributed by atoms with Crippen molar-refractivity contribution in [3.8, 4) is 11.4 Å². The third-order valence-corrected chi connectivity index (χ3v) is 4.24. The van der Waals surface area contributed by atoms with Crippen LogP contribution in [0.2, 0.25) is 0 Å². The van der Waals surface area contributed by atoms with Crippen molar-refractivity contribution in [2.45, 2.75) is 44.1 Å². The van der Waals surface area contributed by atoms with Gasteiger partial charge in [-0.15, -0.1) is 0 Å². The number of aromatic nitrogens is 3. The highest BCUT2D eigenvalue weighted by atomic mass is 15.3. The minimum absolute atomic E-state index is 0.0903. The smallest absolute Gasteiger partial charge is 0.181 e. The molecular formula is C16H22N4.